The SMILES string of the molecule is CCC(CCO)NC(=O)CCc1ccccc1Br. The first kappa shape index (κ1) is 15.2. The number of amides is 1. The van der Waals surface area contributed by atoms with Gasteiger partial charge in [-0.3, -0.25) is 4.79 Å². The first-order chi connectivity index (χ1) is 8.67. The van der Waals surface area contributed by atoms with Crippen molar-refractivity contribution in [2.24, 2.45) is 0 Å². The molecular formula is C14H20BrNO2. The van der Waals surface area contributed by atoms with Gasteiger partial charge >= 0.3 is 0 Å². The molecular weight excluding hydrogens is 294 g/mol. The van der Waals surface area contributed by atoms with Gasteiger partial charge in [0.2, 0.25) is 5.91 Å². The fourth-order valence-electron chi connectivity index (χ4n) is 1.78. The highest BCUT2D eigenvalue weighted by Gasteiger charge is 2.10. The van der Waals surface area contributed by atoms with Crippen LogP contribution in [0.15, 0.2) is 28.7 Å². The Labute approximate surface area is 117 Å². The topological polar surface area (TPSA) is 49.3 Å². The van der Waals surface area contributed by atoms with Gasteiger partial charge in [0.1, 0.15) is 0 Å². The molecule has 100 valence electrons. The summed E-state index contributed by atoms with van der Waals surface area (Å²) in [6, 6.07) is 8.01. The Morgan fingerprint density at radius 2 is 2.17 bits per heavy atom. The number of nitrogens with one attached hydrogen (secondary N) is 1. The monoisotopic (exact) mass is 313 g/mol. The normalized spacial score (nSPS) is 12.2. The summed E-state index contributed by atoms with van der Waals surface area (Å²) in [7, 11) is 0. The van der Waals surface area contributed by atoms with Crippen molar-refractivity contribution in [1.29, 1.82) is 0 Å². The lowest BCUT2D eigenvalue weighted by Gasteiger charge is -2.15. The summed E-state index contributed by atoms with van der Waals surface area (Å²) in [6.07, 6.45) is 2.67. The molecule has 1 rings (SSSR count). The number of rotatable bonds is 7. The third-order valence-corrected chi connectivity index (χ3v) is 3.69. The van der Waals surface area contributed by atoms with Crippen LogP contribution in [0.3, 0.4) is 0 Å². The van der Waals surface area contributed by atoms with Crippen molar-refractivity contribution in [2.45, 2.75) is 38.6 Å². The molecule has 1 amide bonds. The smallest absolute Gasteiger partial charge is 0.220 e. The van der Waals surface area contributed by atoms with Crippen molar-refractivity contribution >= 4 is 21.8 Å². The number of aryl methyl sites for hydroxylation is 1. The van der Waals surface area contributed by atoms with Crippen LogP contribution < -0.4 is 5.32 Å². The average Bonchev–Trinajstić information content (AvgIpc) is 2.37. The van der Waals surface area contributed by atoms with E-state index in [4.69, 9.17) is 5.11 Å². The fourth-order valence-corrected chi connectivity index (χ4v) is 2.27. The van der Waals surface area contributed by atoms with Crippen LogP contribution in [0.2, 0.25) is 0 Å². The van der Waals surface area contributed by atoms with E-state index in [0.717, 1.165) is 22.9 Å². The molecule has 1 aromatic carbocycles. The number of hydrogen-bond donors (Lipinski definition) is 2. The maximum Gasteiger partial charge on any atom is 0.220 e. The second-order valence-corrected chi connectivity index (χ2v) is 5.13. The average molecular weight is 314 g/mol. The molecule has 0 aliphatic heterocycles. The van der Waals surface area contributed by atoms with Crippen molar-refractivity contribution in [3.8, 4) is 0 Å². The van der Waals surface area contributed by atoms with E-state index in [-0.39, 0.29) is 18.6 Å². The lowest BCUT2D eigenvalue weighted by molar-refractivity contribution is -0.121. The molecule has 18 heavy (non-hydrogen) atoms. The van der Waals surface area contributed by atoms with Gasteiger partial charge in [-0.15, -0.1) is 0 Å². The maximum atomic E-state index is 11.8. The Bertz CT molecular complexity index is 382. The van der Waals surface area contributed by atoms with Crippen LogP contribution in [0.25, 0.3) is 0 Å². The summed E-state index contributed by atoms with van der Waals surface area (Å²) >= 11 is 3.47. The molecule has 1 aromatic rings. The van der Waals surface area contributed by atoms with Gasteiger partial charge in [0, 0.05) is 23.5 Å². The van der Waals surface area contributed by atoms with Gasteiger partial charge in [0.15, 0.2) is 0 Å². The quantitative estimate of drug-likeness (QED) is 0.813. The van der Waals surface area contributed by atoms with Crippen molar-refractivity contribution in [1.82, 2.24) is 5.32 Å². The van der Waals surface area contributed by atoms with E-state index in [1.807, 2.05) is 31.2 Å². The number of carbonyl (C=O) groups excluding carboxylic acids is 1. The largest absolute Gasteiger partial charge is 0.396 e. The summed E-state index contributed by atoms with van der Waals surface area (Å²) in [5.41, 5.74) is 1.14. The molecule has 1 unspecified atom stereocenters. The summed E-state index contributed by atoms with van der Waals surface area (Å²) in [5, 5.41) is 11.8. The van der Waals surface area contributed by atoms with Gasteiger partial charge in [-0.25, -0.2) is 0 Å². The second-order valence-electron chi connectivity index (χ2n) is 4.28. The molecule has 0 heterocycles. The summed E-state index contributed by atoms with van der Waals surface area (Å²) in [6.45, 7) is 2.12. The third kappa shape index (κ3) is 5.19. The molecule has 0 bridgehead atoms. The Morgan fingerprint density at radius 1 is 1.44 bits per heavy atom. The number of carbonyl (C=O) groups is 1. The molecule has 0 aliphatic rings. The van der Waals surface area contributed by atoms with E-state index in [1.54, 1.807) is 0 Å². The van der Waals surface area contributed by atoms with Crippen molar-refractivity contribution < 1.29 is 9.90 Å². The van der Waals surface area contributed by atoms with E-state index < -0.39 is 0 Å². The minimum Gasteiger partial charge on any atom is -0.396 e. The van der Waals surface area contributed by atoms with Crippen LogP contribution in [0.5, 0.6) is 0 Å². The predicted molar refractivity (Wildman–Crippen MR) is 76.4 cm³/mol. The highest BCUT2D eigenvalue weighted by atomic mass is 79.9. The van der Waals surface area contributed by atoms with Crippen molar-refractivity contribution in [2.75, 3.05) is 6.61 Å². The Hall–Kier alpha value is -0.870. The lowest BCUT2D eigenvalue weighted by Crippen LogP contribution is -2.35. The number of aliphatic hydroxyl groups is 1. The first-order valence-corrected chi connectivity index (χ1v) is 7.10. The van der Waals surface area contributed by atoms with E-state index in [1.165, 1.54) is 0 Å². The van der Waals surface area contributed by atoms with Crippen molar-refractivity contribution in [3.05, 3.63) is 34.3 Å². The summed E-state index contributed by atoms with van der Waals surface area (Å²) in [4.78, 5) is 11.8. The molecule has 0 aromatic heterocycles. The highest BCUT2D eigenvalue weighted by Crippen LogP contribution is 2.17. The van der Waals surface area contributed by atoms with Gasteiger partial charge < -0.3 is 10.4 Å². The third-order valence-electron chi connectivity index (χ3n) is 2.91. The van der Waals surface area contributed by atoms with Gasteiger partial charge in [-0.05, 0) is 30.9 Å². The Morgan fingerprint density at radius 3 is 2.78 bits per heavy atom. The zero-order valence-corrected chi connectivity index (χ0v) is 12.2. The Kier molecular flexibility index (Phi) is 6.98. The summed E-state index contributed by atoms with van der Waals surface area (Å²) in [5.74, 6) is 0.0473. The molecule has 0 saturated carbocycles. The van der Waals surface area contributed by atoms with Crippen LogP contribution in [0, 0.1) is 0 Å². The van der Waals surface area contributed by atoms with Crippen LogP contribution >= 0.6 is 15.9 Å². The lowest BCUT2D eigenvalue weighted by atomic mass is 10.1. The number of benzene rings is 1. The van der Waals surface area contributed by atoms with Gasteiger partial charge in [0.25, 0.3) is 0 Å². The van der Waals surface area contributed by atoms with Gasteiger partial charge in [-0.1, -0.05) is 41.1 Å². The highest BCUT2D eigenvalue weighted by molar-refractivity contribution is 9.10. The van der Waals surface area contributed by atoms with Gasteiger partial charge in [-0.2, -0.15) is 0 Å². The molecule has 2 N–H and O–H groups in total. The van der Waals surface area contributed by atoms with E-state index in [9.17, 15) is 4.79 Å². The molecule has 0 spiro atoms. The molecule has 4 heteroatoms. The van der Waals surface area contributed by atoms with E-state index >= 15 is 0 Å². The minimum atomic E-state index is 0.0473. The maximum absolute atomic E-state index is 11.8. The van der Waals surface area contributed by atoms with Crippen molar-refractivity contribution in [3.63, 3.8) is 0 Å². The Balaban J connectivity index is 2.39. The molecule has 0 saturated heterocycles. The van der Waals surface area contributed by atoms with Crippen LogP contribution in [-0.2, 0) is 11.2 Å². The molecule has 0 radical (unpaired) electrons. The summed E-state index contributed by atoms with van der Waals surface area (Å²) < 4.78 is 1.04. The number of aliphatic hydroxyl groups excluding tert-OH is 1. The zero-order chi connectivity index (χ0) is 13.4. The first-order valence-electron chi connectivity index (χ1n) is 6.31. The number of hydrogen-bond acceptors (Lipinski definition) is 2. The molecule has 0 fully saturated rings. The number of halogens is 1. The van der Waals surface area contributed by atoms with Gasteiger partial charge in [0.05, 0.1) is 0 Å². The fraction of sp³-hybridized carbons (Fsp3) is 0.500. The standard InChI is InChI=1S/C14H20BrNO2/c1-2-12(9-10-17)16-14(18)8-7-11-5-3-4-6-13(11)15/h3-6,12,17H,2,7-10H2,1H3,(H,16,18). The molecule has 1 atom stereocenters. The van der Waals surface area contributed by atoms with E-state index in [0.29, 0.717) is 12.8 Å². The second kappa shape index (κ2) is 8.27. The van der Waals surface area contributed by atoms with Crippen LogP contribution in [-0.4, -0.2) is 23.7 Å². The molecule has 0 aliphatic carbocycles. The van der Waals surface area contributed by atoms with E-state index in [2.05, 4.69) is 21.2 Å². The predicted octanol–water partition coefficient (Wildman–Crippen LogP) is 2.66. The minimum absolute atomic E-state index is 0.0473. The van der Waals surface area contributed by atoms with Crippen LogP contribution in [0.1, 0.15) is 31.7 Å². The van der Waals surface area contributed by atoms with Crippen LogP contribution in [0.4, 0.5) is 0 Å². The zero-order valence-electron chi connectivity index (χ0n) is 10.7. The molecule has 3 nitrogen and oxygen atoms in total.